The van der Waals surface area contributed by atoms with Crippen molar-refractivity contribution < 1.29 is 23.1 Å². The number of nitrogens with one attached hydrogen (secondary N) is 2. The van der Waals surface area contributed by atoms with Crippen LogP contribution < -0.4 is 10.0 Å². The Kier molecular flexibility index (Phi) is 6.56. The van der Waals surface area contributed by atoms with E-state index in [-0.39, 0.29) is 4.21 Å². The lowest BCUT2D eigenvalue weighted by molar-refractivity contribution is -0.141. The van der Waals surface area contributed by atoms with Crippen molar-refractivity contribution in [3.8, 4) is 0 Å². The molecule has 1 unspecified atom stereocenters. The molecule has 1 atom stereocenters. The van der Waals surface area contributed by atoms with Gasteiger partial charge in [-0.1, -0.05) is 18.2 Å². The predicted octanol–water partition coefficient (Wildman–Crippen LogP) is 2.35. The molecule has 1 aromatic heterocycles. The Balaban J connectivity index is 2.06. The Morgan fingerprint density at radius 2 is 1.88 bits per heavy atom. The largest absolute Gasteiger partial charge is 0.479 e. The highest BCUT2D eigenvalue weighted by Gasteiger charge is 2.24. The maximum absolute atomic E-state index is 12.1. The van der Waals surface area contributed by atoms with E-state index in [9.17, 15) is 23.1 Å². The number of sulfonamides is 1. The van der Waals surface area contributed by atoms with E-state index in [1.165, 1.54) is 6.07 Å². The van der Waals surface area contributed by atoms with E-state index in [2.05, 4.69) is 26.0 Å². The number of carbonyl (C=O) groups excluding carboxylic acids is 1. The smallest absolute Gasteiger partial charge is 0.330 e. The molecule has 2 rings (SSSR count). The van der Waals surface area contributed by atoms with Crippen LogP contribution in [0, 0.1) is 13.8 Å². The topological polar surface area (TPSA) is 113 Å². The number of halogens is 1. The number of amides is 1. The number of aliphatic carboxylic acids is 1. The molecule has 0 radical (unpaired) electrons. The van der Waals surface area contributed by atoms with Gasteiger partial charge in [-0.25, -0.2) is 17.9 Å². The number of hydrogen-bond acceptors (Lipinski definition) is 5. The van der Waals surface area contributed by atoms with Gasteiger partial charge in [0.25, 0.3) is 10.0 Å². The number of benzene rings is 1. The Morgan fingerprint density at radius 1 is 1.19 bits per heavy atom. The zero-order valence-electron chi connectivity index (χ0n) is 13.9. The lowest BCUT2D eigenvalue weighted by Crippen LogP contribution is -2.40. The SMILES string of the molecule is Cc1ccc(C(NC(=O)CNS(=O)(=O)c2ccc(Br)s2)C(=O)O)cc1C. The van der Waals surface area contributed by atoms with Crippen molar-refractivity contribution in [2.24, 2.45) is 0 Å². The fourth-order valence-electron chi connectivity index (χ4n) is 2.12. The molecular formula is C16H17BrN2O5S2. The van der Waals surface area contributed by atoms with E-state index in [0.29, 0.717) is 9.35 Å². The van der Waals surface area contributed by atoms with Crippen molar-refractivity contribution in [3.05, 3.63) is 50.8 Å². The van der Waals surface area contributed by atoms with Crippen molar-refractivity contribution in [3.63, 3.8) is 0 Å². The van der Waals surface area contributed by atoms with Crippen LogP contribution in [-0.2, 0) is 19.6 Å². The Hall–Kier alpha value is -1.75. The summed E-state index contributed by atoms with van der Waals surface area (Å²) in [6.45, 7) is 3.17. The Morgan fingerprint density at radius 3 is 2.42 bits per heavy atom. The molecule has 0 bridgehead atoms. The van der Waals surface area contributed by atoms with E-state index in [4.69, 9.17) is 0 Å². The van der Waals surface area contributed by atoms with Gasteiger partial charge in [0.05, 0.1) is 10.3 Å². The van der Waals surface area contributed by atoms with E-state index < -0.39 is 34.5 Å². The van der Waals surface area contributed by atoms with Gasteiger partial charge >= 0.3 is 5.97 Å². The van der Waals surface area contributed by atoms with Gasteiger partial charge in [-0.2, -0.15) is 0 Å². The summed E-state index contributed by atoms with van der Waals surface area (Å²) in [4.78, 5) is 23.6. The van der Waals surface area contributed by atoms with Gasteiger partial charge in [0.1, 0.15) is 4.21 Å². The van der Waals surface area contributed by atoms with Crippen LogP contribution in [-0.4, -0.2) is 31.9 Å². The molecule has 7 nitrogen and oxygen atoms in total. The molecule has 0 aliphatic carbocycles. The van der Waals surface area contributed by atoms with Gasteiger partial charge in [0, 0.05) is 0 Å². The fourth-order valence-corrected chi connectivity index (χ4v) is 5.15. The lowest BCUT2D eigenvalue weighted by atomic mass is 10.0. The molecule has 0 saturated heterocycles. The highest BCUT2D eigenvalue weighted by molar-refractivity contribution is 9.11. The van der Waals surface area contributed by atoms with Crippen LogP contribution in [0.25, 0.3) is 0 Å². The molecule has 0 aliphatic heterocycles. The standard InChI is InChI=1S/C16H17BrN2O5S2/c1-9-3-4-11(7-10(9)2)15(16(21)22)19-13(20)8-18-26(23,24)14-6-5-12(17)25-14/h3-7,15,18H,8H2,1-2H3,(H,19,20)(H,21,22). The summed E-state index contributed by atoms with van der Waals surface area (Å²) in [5.41, 5.74) is 2.31. The minimum atomic E-state index is -3.84. The van der Waals surface area contributed by atoms with Crippen LogP contribution in [0.2, 0.25) is 0 Å². The zero-order valence-corrected chi connectivity index (χ0v) is 17.2. The lowest BCUT2D eigenvalue weighted by Gasteiger charge is -2.16. The summed E-state index contributed by atoms with van der Waals surface area (Å²) < 4.78 is 27.1. The van der Waals surface area contributed by atoms with Gasteiger partial charge in [0.2, 0.25) is 5.91 Å². The van der Waals surface area contributed by atoms with Crippen molar-refractivity contribution in [1.29, 1.82) is 0 Å². The Labute approximate surface area is 163 Å². The number of thiophene rings is 1. The monoisotopic (exact) mass is 460 g/mol. The summed E-state index contributed by atoms with van der Waals surface area (Å²) >= 11 is 4.18. The quantitative estimate of drug-likeness (QED) is 0.586. The highest BCUT2D eigenvalue weighted by Crippen LogP contribution is 2.25. The molecular weight excluding hydrogens is 444 g/mol. The van der Waals surface area contributed by atoms with Crippen molar-refractivity contribution >= 4 is 49.2 Å². The molecule has 1 aromatic carbocycles. The van der Waals surface area contributed by atoms with Crippen LogP contribution in [0.4, 0.5) is 0 Å². The van der Waals surface area contributed by atoms with Crippen molar-refractivity contribution in [2.45, 2.75) is 24.1 Å². The van der Waals surface area contributed by atoms with Gasteiger partial charge in [-0.15, -0.1) is 11.3 Å². The molecule has 1 heterocycles. The second-order valence-electron chi connectivity index (χ2n) is 5.57. The summed E-state index contributed by atoms with van der Waals surface area (Å²) in [6, 6.07) is 6.80. The number of hydrogen-bond donors (Lipinski definition) is 3. The summed E-state index contributed by atoms with van der Waals surface area (Å²) in [7, 11) is -3.84. The number of aryl methyl sites for hydroxylation is 2. The molecule has 140 valence electrons. The van der Waals surface area contributed by atoms with Gasteiger partial charge in [-0.3, -0.25) is 4.79 Å². The van der Waals surface area contributed by atoms with Crippen LogP contribution >= 0.6 is 27.3 Å². The molecule has 0 spiro atoms. The van der Waals surface area contributed by atoms with Crippen LogP contribution in [0.5, 0.6) is 0 Å². The molecule has 1 amide bonds. The second-order valence-corrected chi connectivity index (χ2v) is 10.0. The number of carboxylic acids is 1. The fraction of sp³-hybridized carbons (Fsp3) is 0.250. The molecule has 0 fully saturated rings. The van der Waals surface area contributed by atoms with E-state index in [0.717, 1.165) is 22.5 Å². The summed E-state index contributed by atoms with van der Waals surface area (Å²) in [6.07, 6.45) is 0. The molecule has 0 aliphatic rings. The number of carboxylic acid groups (broad SMARTS) is 1. The molecule has 10 heteroatoms. The third kappa shape index (κ3) is 5.13. The molecule has 2 aromatic rings. The first-order valence-electron chi connectivity index (χ1n) is 7.44. The first-order valence-corrected chi connectivity index (χ1v) is 10.5. The Bertz CT molecular complexity index is 940. The molecule has 26 heavy (non-hydrogen) atoms. The van der Waals surface area contributed by atoms with Gasteiger partial charge < -0.3 is 10.4 Å². The zero-order chi connectivity index (χ0) is 19.5. The van der Waals surface area contributed by atoms with Gasteiger partial charge in [0.15, 0.2) is 6.04 Å². The number of rotatable bonds is 7. The van der Waals surface area contributed by atoms with Gasteiger partial charge in [-0.05, 0) is 58.6 Å². The third-order valence-electron chi connectivity index (χ3n) is 3.65. The summed E-state index contributed by atoms with van der Waals surface area (Å²) in [5.74, 6) is -1.97. The third-order valence-corrected chi connectivity index (χ3v) is 7.17. The maximum Gasteiger partial charge on any atom is 0.330 e. The minimum Gasteiger partial charge on any atom is -0.479 e. The van der Waals surface area contributed by atoms with Crippen LogP contribution in [0.15, 0.2) is 38.3 Å². The highest BCUT2D eigenvalue weighted by atomic mass is 79.9. The first kappa shape index (κ1) is 20.6. The average molecular weight is 461 g/mol. The predicted molar refractivity (Wildman–Crippen MR) is 102 cm³/mol. The van der Waals surface area contributed by atoms with Crippen LogP contribution in [0.3, 0.4) is 0 Å². The normalized spacial score (nSPS) is 12.6. The minimum absolute atomic E-state index is 0.0566. The van der Waals surface area contributed by atoms with E-state index >= 15 is 0 Å². The van der Waals surface area contributed by atoms with E-state index in [1.807, 2.05) is 13.8 Å². The van der Waals surface area contributed by atoms with Crippen molar-refractivity contribution in [1.82, 2.24) is 10.0 Å². The molecule has 0 saturated carbocycles. The second kappa shape index (κ2) is 8.30. The van der Waals surface area contributed by atoms with Crippen molar-refractivity contribution in [2.75, 3.05) is 6.54 Å². The van der Waals surface area contributed by atoms with E-state index in [1.54, 1.807) is 24.3 Å². The summed E-state index contributed by atoms with van der Waals surface area (Å²) in [5, 5.41) is 11.7. The first-order chi connectivity index (χ1) is 12.1. The van der Waals surface area contributed by atoms with Crippen LogP contribution in [0.1, 0.15) is 22.7 Å². The number of carbonyl (C=O) groups is 2. The molecule has 3 N–H and O–H groups in total. The maximum atomic E-state index is 12.1. The average Bonchev–Trinajstić information content (AvgIpc) is 3.01.